The van der Waals surface area contributed by atoms with Gasteiger partial charge < -0.3 is 24.9 Å². The Kier molecular flexibility index (Phi) is 3.27. The number of fused-ring (bicyclic) bond motifs is 2. The van der Waals surface area contributed by atoms with Crippen molar-refractivity contribution in [3.05, 3.63) is 18.0 Å². The number of imidazole rings is 1. The van der Waals surface area contributed by atoms with E-state index >= 15 is 0 Å². The number of aliphatic hydroxyl groups excluding tert-OH is 1. The van der Waals surface area contributed by atoms with Crippen molar-refractivity contribution in [3.63, 3.8) is 0 Å². The lowest BCUT2D eigenvalue weighted by Gasteiger charge is -2.18. The molecule has 3 N–H and O–H groups in total. The SMILES string of the molecule is NCc1nc2cc3c(cc2n1CCCO)OCCO3. The Balaban J connectivity index is 2.11. The highest BCUT2D eigenvalue weighted by Gasteiger charge is 2.17. The number of nitrogens with two attached hydrogens (primary N) is 1. The molecule has 0 atom stereocenters. The molecule has 0 aliphatic carbocycles. The molecule has 6 nitrogen and oxygen atoms in total. The van der Waals surface area contributed by atoms with Crippen LogP contribution in [0, 0.1) is 0 Å². The van der Waals surface area contributed by atoms with Gasteiger partial charge in [0, 0.05) is 25.3 Å². The lowest BCUT2D eigenvalue weighted by molar-refractivity contribution is 0.172. The normalized spacial score (nSPS) is 14.0. The van der Waals surface area contributed by atoms with Crippen molar-refractivity contribution in [1.29, 1.82) is 0 Å². The summed E-state index contributed by atoms with van der Waals surface area (Å²) in [4.78, 5) is 4.51. The second-order valence-electron chi connectivity index (χ2n) is 4.45. The molecule has 0 saturated heterocycles. The summed E-state index contributed by atoms with van der Waals surface area (Å²) in [5.74, 6) is 2.28. The average molecular weight is 263 g/mol. The molecule has 0 radical (unpaired) electrons. The van der Waals surface area contributed by atoms with Gasteiger partial charge in [0.25, 0.3) is 0 Å². The third-order valence-corrected chi connectivity index (χ3v) is 3.21. The van der Waals surface area contributed by atoms with Crippen LogP contribution in [-0.2, 0) is 13.1 Å². The van der Waals surface area contributed by atoms with Crippen LogP contribution in [0.15, 0.2) is 12.1 Å². The molecular weight excluding hydrogens is 246 g/mol. The molecule has 3 rings (SSSR count). The molecule has 6 heteroatoms. The predicted octanol–water partition coefficient (Wildman–Crippen LogP) is 0.649. The number of aryl methyl sites for hydroxylation is 1. The molecule has 0 amide bonds. The minimum Gasteiger partial charge on any atom is -0.486 e. The van der Waals surface area contributed by atoms with Gasteiger partial charge in [0.1, 0.15) is 19.0 Å². The fraction of sp³-hybridized carbons (Fsp3) is 0.462. The van der Waals surface area contributed by atoms with E-state index in [0.29, 0.717) is 32.7 Å². The Hall–Kier alpha value is -1.79. The zero-order valence-corrected chi connectivity index (χ0v) is 10.6. The van der Waals surface area contributed by atoms with Crippen molar-refractivity contribution in [2.24, 2.45) is 5.73 Å². The molecule has 2 heterocycles. The number of benzene rings is 1. The van der Waals surface area contributed by atoms with E-state index in [4.69, 9.17) is 20.3 Å². The highest BCUT2D eigenvalue weighted by Crippen LogP contribution is 2.34. The standard InChI is InChI=1S/C13H17N3O3/c14-8-13-15-9-6-11-12(19-5-4-18-11)7-10(9)16(13)2-1-3-17/h6-7,17H,1-5,8,14H2. The van der Waals surface area contributed by atoms with E-state index in [1.54, 1.807) is 0 Å². The first-order valence-corrected chi connectivity index (χ1v) is 6.43. The maximum absolute atomic E-state index is 8.98. The molecule has 0 unspecified atom stereocenters. The summed E-state index contributed by atoms with van der Waals surface area (Å²) in [6, 6.07) is 3.83. The molecule has 1 aliphatic rings. The maximum Gasteiger partial charge on any atom is 0.163 e. The highest BCUT2D eigenvalue weighted by molar-refractivity contribution is 5.80. The number of aliphatic hydroxyl groups is 1. The van der Waals surface area contributed by atoms with Gasteiger partial charge >= 0.3 is 0 Å². The number of rotatable bonds is 4. The van der Waals surface area contributed by atoms with Crippen molar-refractivity contribution < 1.29 is 14.6 Å². The molecule has 1 aromatic heterocycles. The Bertz CT molecular complexity index is 594. The van der Waals surface area contributed by atoms with Crippen LogP contribution >= 0.6 is 0 Å². The van der Waals surface area contributed by atoms with Gasteiger partial charge in [-0.1, -0.05) is 0 Å². The summed E-state index contributed by atoms with van der Waals surface area (Å²) in [5, 5.41) is 8.98. The van der Waals surface area contributed by atoms with Gasteiger partial charge in [-0.25, -0.2) is 4.98 Å². The van der Waals surface area contributed by atoms with E-state index in [1.807, 2.05) is 16.7 Å². The topological polar surface area (TPSA) is 82.5 Å². The second-order valence-corrected chi connectivity index (χ2v) is 4.45. The first kappa shape index (κ1) is 12.3. The van der Waals surface area contributed by atoms with Crippen LogP contribution in [0.5, 0.6) is 11.5 Å². The third-order valence-electron chi connectivity index (χ3n) is 3.21. The lowest BCUT2D eigenvalue weighted by Crippen LogP contribution is -2.15. The lowest BCUT2D eigenvalue weighted by atomic mass is 10.2. The molecule has 1 aliphatic heterocycles. The van der Waals surface area contributed by atoms with E-state index in [2.05, 4.69) is 4.98 Å². The van der Waals surface area contributed by atoms with Crippen LogP contribution in [0.3, 0.4) is 0 Å². The van der Waals surface area contributed by atoms with Crippen LogP contribution in [0.25, 0.3) is 11.0 Å². The Morgan fingerprint density at radius 3 is 2.68 bits per heavy atom. The maximum atomic E-state index is 8.98. The van der Waals surface area contributed by atoms with Gasteiger partial charge in [-0.3, -0.25) is 0 Å². The first-order valence-electron chi connectivity index (χ1n) is 6.43. The van der Waals surface area contributed by atoms with E-state index in [0.717, 1.165) is 28.4 Å². The predicted molar refractivity (Wildman–Crippen MR) is 70.3 cm³/mol. The van der Waals surface area contributed by atoms with Crippen LogP contribution in [0.1, 0.15) is 12.2 Å². The quantitative estimate of drug-likeness (QED) is 0.846. The fourth-order valence-electron chi connectivity index (χ4n) is 2.35. The second kappa shape index (κ2) is 5.07. The minimum atomic E-state index is 0.147. The van der Waals surface area contributed by atoms with E-state index in [9.17, 15) is 0 Å². The molecule has 0 spiro atoms. The number of aromatic nitrogens is 2. The van der Waals surface area contributed by atoms with Gasteiger partial charge in [-0.2, -0.15) is 0 Å². The zero-order valence-electron chi connectivity index (χ0n) is 10.6. The molecule has 19 heavy (non-hydrogen) atoms. The monoisotopic (exact) mass is 263 g/mol. The molecule has 0 bridgehead atoms. The number of ether oxygens (including phenoxy) is 2. The summed E-state index contributed by atoms with van der Waals surface area (Å²) < 4.78 is 13.2. The van der Waals surface area contributed by atoms with Crippen LogP contribution in [-0.4, -0.2) is 34.5 Å². The van der Waals surface area contributed by atoms with Gasteiger partial charge in [0.2, 0.25) is 0 Å². The van der Waals surface area contributed by atoms with Crippen LogP contribution in [0.4, 0.5) is 0 Å². The fourth-order valence-corrected chi connectivity index (χ4v) is 2.35. The summed E-state index contributed by atoms with van der Waals surface area (Å²) in [5.41, 5.74) is 7.55. The van der Waals surface area contributed by atoms with Crippen molar-refractivity contribution in [1.82, 2.24) is 9.55 Å². The molecule has 0 saturated carbocycles. The smallest absolute Gasteiger partial charge is 0.163 e. The minimum absolute atomic E-state index is 0.147. The van der Waals surface area contributed by atoms with E-state index in [-0.39, 0.29) is 6.61 Å². The van der Waals surface area contributed by atoms with Crippen molar-refractivity contribution in [2.45, 2.75) is 19.5 Å². The highest BCUT2D eigenvalue weighted by atomic mass is 16.6. The van der Waals surface area contributed by atoms with Crippen LogP contribution < -0.4 is 15.2 Å². The van der Waals surface area contributed by atoms with E-state index in [1.165, 1.54) is 0 Å². The Morgan fingerprint density at radius 1 is 1.26 bits per heavy atom. The van der Waals surface area contributed by atoms with Crippen LogP contribution in [0.2, 0.25) is 0 Å². The summed E-state index contributed by atoms with van der Waals surface area (Å²) in [6.07, 6.45) is 0.674. The summed E-state index contributed by atoms with van der Waals surface area (Å²) >= 11 is 0. The zero-order chi connectivity index (χ0) is 13.2. The van der Waals surface area contributed by atoms with Crippen molar-refractivity contribution >= 4 is 11.0 Å². The van der Waals surface area contributed by atoms with Gasteiger partial charge in [0.05, 0.1) is 17.6 Å². The Labute approximate surface area is 110 Å². The molecule has 102 valence electrons. The molecule has 2 aromatic rings. The molecule has 1 aromatic carbocycles. The van der Waals surface area contributed by atoms with Crippen molar-refractivity contribution in [2.75, 3.05) is 19.8 Å². The molecule has 0 fully saturated rings. The average Bonchev–Trinajstić information content (AvgIpc) is 2.79. The number of hydrogen-bond donors (Lipinski definition) is 2. The summed E-state index contributed by atoms with van der Waals surface area (Å²) in [7, 11) is 0. The van der Waals surface area contributed by atoms with E-state index < -0.39 is 0 Å². The summed E-state index contributed by atoms with van der Waals surface area (Å²) in [6.45, 7) is 2.33. The van der Waals surface area contributed by atoms with Crippen molar-refractivity contribution in [3.8, 4) is 11.5 Å². The third kappa shape index (κ3) is 2.13. The van der Waals surface area contributed by atoms with Gasteiger partial charge in [0.15, 0.2) is 11.5 Å². The molecular formula is C13H17N3O3. The van der Waals surface area contributed by atoms with Gasteiger partial charge in [-0.15, -0.1) is 0 Å². The Morgan fingerprint density at radius 2 is 2.00 bits per heavy atom. The number of hydrogen-bond acceptors (Lipinski definition) is 5. The largest absolute Gasteiger partial charge is 0.486 e. The van der Waals surface area contributed by atoms with Gasteiger partial charge in [-0.05, 0) is 6.42 Å². The number of nitrogens with zero attached hydrogens (tertiary/aromatic N) is 2. The first-order chi connectivity index (χ1) is 9.33.